The van der Waals surface area contributed by atoms with Gasteiger partial charge in [-0.2, -0.15) is 0 Å². The zero-order valence-electron chi connectivity index (χ0n) is 10.5. The van der Waals surface area contributed by atoms with Crippen molar-refractivity contribution in [1.29, 1.82) is 0 Å². The molecule has 0 saturated heterocycles. The largest absolute Gasteiger partial charge is 0.490 e. The number of aliphatic hydroxyl groups excluding tert-OH is 1. The molecular formula is C13H19NO3. The minimum atomic E-state index is -0.380. The molecule has 94 valence electrons. The summed E-state index contributed by atoms with van der Waals surface area (Å²) < 4.78 is 10.9. The summed E-state index contributed by atoms with van der Waals surface area (Å²) in [7, 11) is 0. The standard InChI is InChI=1S/C13H19NO3/c1-4-7-13(2,3)17-12-6-5-11(10-14-12)16-9-8-15/h4-7,10,15H,8-9H2,1-3H3/b7-4-. The molecule has 0 aliphatic heterocycles. The van der Waals surface area contributed by atoms with Gasteiger partial charge in [0.15, 0.2) is 0 Å². The van der Waals surface area contributed by atoms with Crippen LogP contribution in [0.4, 0.5) is 0 Å². The van der Waals surface area contributed by atoms with Crippen molar-refractivity contribution in [3.63, 3.8) is 0 Å². The number of aliphatic hydroxyl groups is 1. The number of hydrogen-bond acceptors (Lipinski definition) is 4. The molecule has 0 unspecified atom stereocenters. The molecule has 1 heterocycles. The lowest BCUT2D eigenvalue weighted by Gasteiger charge is -2.21. The maximum absolute atomic E-state index is 8.62. The number of pyridine rings is 1. The molecule has 17 heavy (non-hydrogen) atoms. The average Bonchev–Trinajstić information content (AvgIpc) is 2.27. The third-order valence-corrected chi connectivity index (χ3v) is 2.00. The van der Waals surface area contributed by atoms with Gasteiger partial charge >= 0.3 is 0 Å². The van der Waals surface area contributed by atoms with Gasteiger partial charge in [-0.1, -0.05) is 6.08 Å². The average molecular weight is 237 g/mol. The van der Waals surface area contributed by atoms with Crippen LogP contribution in [0.5, 0.6) is 11.6 Å². The second-order valence-corrected chi connectivity index (χ2v) is 4.11. The Bertz CT molecular complexity index is 357. The summed E-state index contributed by atoms with van der Waals surface area (Å²) in [6.07, 6.45) is 5.49. The van der Waals surface area contributed by atoms with Gasteiger partial charge in [-0.3, -0.25) is 0 Å². The Balaban J connectivity index is 2.62. The number of ether oxygens (including phenoxy) is 2. The molecule has 1 rings (SSSR count). The lowest BCUT2D eigenvalue weighted by Crippen LogP contribution is -2.25. The van der Waals surface area contributed by atoms with E-state index in [0.29, 0.717) is 11.6 Å². The molecule has 0 fully saturated rings. The highest BCUT2D eigenvalue weighted by atomic mass is 16.5. The maximum Gasteiger partial charge on any atom is 0.214 e. The van der Waals surface area contributed by atoms with Crippen LogP contribution in [0.1, 0.15) is 20.8 Å². The summed E-state index contributed by atoms with van der Waals surface area (Å²) in [6, 6.07) is 3.52. The number of aromatic nitrogens is 1. The Kier molecular flexibility index (Phi) is 4.97. The molecule has 1 aromatic heterocycles. The van der Waals surface area contributed by atoms with Gasteiger partial charge in [0.1, 0.15) is 18.0 Å². The summed E-state index contributed by atoms with van der Waals surface area (Å²) in [5.41, 5.74) is -0.380. The number of hydrogen-bond donors (Lipinski definition) is 1. The van der Waals surface area contributed by atoms with Gasteiger partial charge in [-0.25, -0.2) is 4.98 Å². The van der Waals surface area contributed by atoms with Crippen molar-refractivity contribution in [3.05, 3.63) is 30.5 Å². The van der Waals surface area contributed by atoms with Crippen LogP contribution in [0.15, 0.2) is 30.5 Å². The second-order valence-electron chi connectivity index (χ2n) is 4.11. The molecule has 4 heteroatoms. The van der Waals surface area contributed by atoms with E-state index >= 15 is 0 Å². The number of rotatable bonds is 6. The first-order valence-electron chi connectivity index (χ1n) is 5.60. The molecule has 0 radical (unpaired) electrons. The zero-order valence-corrected chi connectivity index (χ0v) is 10.5. The maximum atomic E-state index is 8.62. The van der Waals surface area contributed by atoms with Crippen LogP contribution in [0.2, 0.25) is 0 Å². The fourth-order valence-electron chi connectivity index (χ4n) is 1.38. The van der Waals surface area contributed by atoms with Crippen molar-refractivity contribution in [2.24, 2.45) is 0 Å². The van der Waals surface area contributed by atoms with Crippen molar-refractivity contribution in [3.8, 4) is 11.6 Å². The van der Waals surface area contributed by atoms with Crippen LogP contribution >= 0.6 is 0 Å². The van der Waals surface area contributed by atoms with E-state index in [9.17, 15) is 0 Å². The van der Waals surface area contributed by atoms with Crippen molar-refractivity contribution in [1.82, 2.24) is 4.98 Å². The van der Waals surface area contributed by atoms with Crippen molar-refractivity contribution < 1.29 is 14.6 Å². The van der Waals surface area contributed by atoms with E-state index in [0.717, 1.165) is 0 Å². The van der Waals surface area contributed by atoms with Crippen molar-refractivity contribution >= 4 is 0 Å². The molecule has 0 spiro atoms. The molecule has 1 N–H and O–H groups in total. The van der Waals surface area contributed by atoms with E-state index in [-0.39, 0.29) is 18.8 Å². The minimum absolute atomic E-state index is 0.00736. The Hall–Kier alpha value is -1.55. The van der Waals surface area contributed by atoms with Crippen LogP contribution in [0, 0.1) is 0 Å². The van der Waals surface area contributed by atoms with E-state index in [4.69, 9.17) is 14.6 Å². The van der Waals surface area contributed by atoms with Crippen molar-refractivity contribution in [2.75, 3.05) is 13.2 Å². The molecule has 0 aromatic carbocycles. The lowest BCUT2D eigenvalue weighted by atomic mass is 10.1. The van der Waals surface area contributed by atoms with Gasteiger partial charge in [0, 0.05) is 6.07 Å². The third kappa shape index (κ3) is 4.87. The van der Waals surface area contributed by atoms with E-state index < -0.39 is 0 Å². The first kappa shape index (κ1) is 13.5. The molecule has 0 saturated carbocycles. The zero-order chi connectivity index (χ0) is 12.7. The lowest BCUT2D eigenvalue weighted by molar-refractivity contribution is 0.153. The van der Waals surface area contributed by atoms with E-state index in [1.165, 1.54) is 0 Å². The molecule has 1 aromatic rings. The van der Waals surface area contributed by atoms with E-state index in [2.05, 4.69) is 4.98 Å². The smallest absolute Gasteiger partial charge is 0.214 e. The Labute approximate surface area is 102 Å². The van der Waals surface area contributed by atoms with Gasteiger partial charge in [-0.05, 0) is 32.9 Å². The van der Waals surface area contributed by atoms with Crippen LogP contribution in [-0.4, -0.2) is 28.9 Å². The molecule has 0 bridgehead atoms. The monoisotopic (exact) mass is 237 g/mol. The summed E-state index contributed by atoms with van der Waals surface area (Å²) in [6.45, 7) is 6.14. The first-order chi connectivity index (χ1) is 8.07. The van der Waals surface area contributed by atoms with Gasteiger partial charge in [0.05, 0.1) is 12.8 Å². The van der Waals surface area contributed by atoms with Crippen molar-refractivity contribution in [2.45, 2.75) is 26.4 Å². The highest BCUT2D eigenvalue weighted by Gasteiger charge is 2.15. The number of nitrogens with zero attached hydrogens (tertiary/aromatic N) is 1. The predicted octanol–water partition coefficient (Wildman–Crippen LogP) is 2.19. The van der Waals surface area contributed by atoms with Crippen LogP contribution in [0.25, 0.3) is 0 Å². The molecular weight excluding hydrogens is 218 g/mol. The van der Waals surface area contributed by atoms with Gasteiger partial charge in [-0.15, -0.1) is 0 Å². The van der Waals surface area contributed by atoms with Gasteiger partial charge in [0.2, 0.25) is 5.88 Å². The normalized spacial score (nSPS) is 11.8. The minimum Gasteiger partial charge on any atom is -0.490 e. The van der Waals surface area contributed by atoms with Gasteiger partial charge in [0.25, 0.3) is 0 Å². The molecule has 0 atom stereocenters. The fraction of sp³-hybridized carbons (Fsp3) is 0.462. The number of allylic oxidation sites excluding steroid dienone is 1. The highest BCUT2D eigenvalue weighted by molar-refractivity contribution is 5.23. The topological polar surface area (TPSA) is 51.6 Å². The summed E-state index contributed by atoms with van der Waals surface area (Å²) >= 11 is 0. The second kappa shape index (κ2) is 6.25. The summed E-state index contributed by atoms with van der Waals surface area (Å²) in [4.78, 5) is 4.14. The summed E-state index contributed by atoms with van der Waals surface area (Å²) in [5.74, 6) is 1.17. The Morgan fingerprint density at radius 3 is 2.71 bits per heavy atom. The van der Waals surface area contributed by atoms with Crippen LogP contribution in [-0.2, 0) is 0 Å². The highest BCUT2D eigenvalue weighted by Crippen LogP contribution is 2.19. The van der Waals surface area contributed by atoms with E-state index in [1.807, 2.05) is 32.9 Å². The molecule has 0 amide bonds. The predicted molar refractivity (Wildman–Crippen MR) is 66.3 cm³/mol. The first-order valence-corrected chi connectivity index (χ1v) is 5.60. The Morgan fingerprint density at radius 2 is 2.18 bits per heavy atom. The van der Waals surface area contributed by atoms with Crippen LogP contribution in [0.3, 0.4) is 0 Å². The van der Waals surface area contributed by atoms with E-state index in [1.54, 1.807) is 18.3 Å². The van der Waals surface area contributed by atoms with Crippen LogP contribution < -0.4 is 9.47 Å². The summed E-state index contributed by atoms with van der Waals surface area (Å²) in [5, 5.41) is 8.62. The molecule has 0 aliphatic carbocycles. The molecule has 4 nitrogen and oxygen atoms in total. The van der Waals surface area contributed by atoms with Gasteiger partial charge < -0.3 is 14.6 Å². The Morgan fingerprint density at radius 1 is 1.41 bits per heavy atom. The third-order valence-electron chi connectivity index (χ3n) is 2.00. The molecule has 0 aliphatic rings. The SMILES string of the molecule is C/C=C\C(C)(C)Oc1ccc(OCCO)cn1. The fourth-order valence-corrected chi connectivity index (χ4v) is 1.38. The quantitative estimate of drug-likeness (QED) is 0.770.